The number of nitrogens with one attached hydrogen (secondary N) is 1. The van der Waals surface area contributed by atoms with Crippen molar-refractivity contribution in [3.63, 3.8) is 0 Å². The molecule has 2 aromatic rings. The first-order valence-corrected chi connectivity index (χ1v) is 10.7. The van der Waals surface area contributed by atoms with Gasteiger partial charge in [0.15, 0.2) is 0 Å². The molecule has 4 rings (SSSR count). The molecule has 4 heterocycles. The fraction of sp³-hybridized carbons (Fsp3) is 0.435. The molecular weight excluding hydrogens is 419 g/mol. The van der Waals surface area contributed by atoms with E-state index in [4.69, 9.17) is 5.73 Å². The molecule has 6 nitrogen and oxygen atoms in total. The second-order valence-corrected chi connectivity index (χ2v) is 8.48. The molecule has 1 fully saturated rings. The lowest BCUT2D eigenvalue weighted by molar-refractivity contribution is -0.149. The lowest BCUT2D eigenvalue weighted by atomic mass is 9.99. The number of pyridine rings is 1. The smallest absolute Gasteiger partial charge is 0.386 e. The first-order chi connectivity index (χ1) is 15.2. The Balaban J connectivity index is 1.66. The maximum Gasteiger partial charge on any atom is 0.401 e. The number of alkyl halides is 3. The minimum Gasteiger partial charge on any atom is -0.386 e. The summed E-state index contributed by atoms with van der Waals surface area (Å²) in [6.07, 6.45) is 2.49. The SMILES string of the molecule is Cc1c(C=O)cc2c(C3=CC=C(N)NC3)ccn2c1C(C)N1CCN(CC(F)(F)F)CC1. The molecule has 2 aromatic heterocycles. The molecule has 32 heavy (non-hydrogen) atoms. The zero-order valence-corrected chi connectivity index (χ0v) is 18.2. The second-order valence-electron chi connectivity index (χ2n) is 8.48. The predicted octanol–water partition coefficient (Wildman–Crippen LogP) is 3.09. The van der Waals surface area contributed by atoms with E-state index in [1.54, 1.807) is 0 Å². The van der Waals surface area contributed by atoms with Gasteiger partial charge in [-0.05, 0) is 43.2 Å². The van der Waals surface area contributed by atoms with E-state index in [9.17, 15) is 18.0 Å². The van der Waals surface area contributed by atoms with Crippen molar-refractivity contribution in [1.82, 2.24) is 19.5 Å². The summed E-state index contributed by atoms with van der Waals surface area (Å²) >= 11 is 0. The van der Waals surface area contributed by atoms with Gasteiger partial charge in [0.2, 0.25) is 0 Å². The van der Waals surface area contributed by atoms with Crippen molar-refractivity contribution >= 4 is 17.4 Å². The lowest BCUT2D eigenvalue weighted by Crippen LogP contribution is -2.49. The van der Waals surface area contributed by atoms with Crippen molar-refractivity contribution in [2.75, 3.05) is 39.3 Å². The van der Waals surface area contributed by atoms with E-state index in [0.29, 0.717) is 44.1 Å². The first kappa shape index (κ1) is 22.4. The zero-order chi connectivity index (χ0) is 23.0. The molecule has 1 saturated heterocycles. The predicted molar refractivity (Wildman–Crippen MR) is 118 cm³/mol. The monoisotopic (exact) mass is 447 g/mol. The number of halogens is 3. The Kier molecular flexibility index (Phi) is 6.05. The van der Waals surface area contributed by atoms with Gasteiger partial charge in [-0.1, -0.05) is 6.08 Å². The summed E-state index contributed by atoms with van der Waals surface area (Å²) in [7, 11) is 0. The van der Waals surface area contributed by atoms with Crippen molar-refractivity contribution in [1.29, 1.82) is 0 Å². The van der Waals surface area contributed by atoms with Crippen LogP contribution < -0.4 is 11.1 Å². The third-order valence-corrected chi connectivity index (χ3v) is 6.47. The van der Waals surface area contributed by atoms with Gasteiger partial charge in [-0.15, -0.1) is 0 Å². The highest BCUT2D eigenvalue weighted by Crippen LogP contribution is 2.32. The van der Waals surface area contributed by atoms with Crippen molar-refractivity contribution in [2.45, 2.75) is 26.1 Å². The summed E-state index contributed by atoms with van der Waals surface area (Å²) < 4.78 is 40.3. The summed E-state index contributed by atoms with van der Waals surface area (Å²) in [5.74, 6) is 0.612. The largest absolute Gasteiger partial charge is 0.401 e. The van der Waals surface area contributed by atoms with Crippen LogP contribution in [0.3, 0.4) is 0 Å². The summed E-state index contributed by atoms with van der Waals surface area (Å²) in [6.45, 7) is 5.51. The van der Waals surface area contributed by atoms with E-state index in [1.807, 2.05) is 37.4 Å². The van der Waals surface area contributed by atoms with Gasteiger partial charge >= 0.3 is 6.18 Å². The van der Waals surface area contributed by atoms with Crippen LogP contribution in [0.25, 0.3) is 11.1 Å². The highest BCUT2D eigenvalue weighted by atomic mass is 19.4. The van der Waals surface area contributed by atoms with E-state index in [-0.39, 0.29) is 6.04 Å². The maximum atomic E-state index is 12.7. The summed E-state index contributed by atoms with van der Waals surface area (Å²) in [5, 5.41) is 3.13. The van der Waals surface area contributed by atoms with Crippen molar-refractivity contribution in [3.8, 4) is 0 Å². The lowest BCUT2D eigenvalue weighted by Gasteiger charge is -2.39. The van der Waals surface area contributed by atoms with Gasteiger partial charge in [-0.25, -0.2) is 0 Å². The third-order valence-electron chi connectivity index (χ3n) is 6.47. The van der Waals surface area contributed by atoms with Crippen LogP contribution >= 0.6 is 0 Å². The molecule has 2 aliphatic heterocycles. The fourth-order valence-corrected chi connectivity index (χ4v) is 4.72. The van der Waals surface area contributed by atoms with Gasteiger partial charge in [0.25, 0.3) is 0 Å². The van der Waals surface area contributed by atoms with Crippen LogP contribution in [0.5, 0.6) is 0 Å². The highest BCUT2D eigenvalue weighted by Gasteiger charge is 2.33. The molecule has 0 aliphatic carbocycles. The second kappa shape index (κ2) is 8.63. The molecule has 0 bridgehead atoms. The minimum absolute atomic E-state index is 0.0558. The van der Waals surface area contributed by atoms with E-state index in [0.717, 1.165) is 34.2 Å². The van der Waals surface area contributed by atoms with Gasteiger partial charge in [0.05, 0.1) is 17.9 Å². The molecule has 2 aliphatic rings. The van der Waals surface area contributed by atoms with Crippen LogP contribution in [0.1, 0.15) is 40.1 Å². The van der Waals surface area contributed by atoms with E-state index >= 15 is 0 Å². The Morgan fingerprint density at radius 1 is 1.22 bits per heavy atom. The number of nitrogens with two attached hydrogens (primary N) is 1. The molecule has 0 saturated carbocycles. The van der Waals surface area contributed by atoms with Gasteiger partial charge in [-0.3, -0.25) is 14.6 Å². The van der Waals surface area contributed by atoms with E-state index < -0.39 is 12.7 Å². The molecule has 1 unspecified atom stereocenters. The molecule has 1 atom stereocenters. The molecule has 0 radical (unpaired) electrons. The Bertz CT molecular complexity index is 1080. The molecular formula is C23H28F3N5O. The van der Waals surface area contributed by atoms with Crippen LogP contribution in [0, 0.1) is 6.92 Å². The van der Waals surface area contributed by atoms with Gasteiger partial charge in [0, 0.05) is 61.8 Å². The van der Waals surface area contributed by atoms with Crippen LogP contribution in [-0.4, -0.2) is 65.9 Å². The number of hydrogen-bond acceptors (Lipinski definition) is 5. The van der Waals surface area contributed by atoms with Crippen molar-refractivity contribution < 1.29 is 18.0 Å². The van der Waals surface area contributed by atoms with Gasteiger partial charge in [-0.2, -0.15) is 13.2 Å². The molecule has 0 spiro atoms. The van der Waals surface area contributed by atoms with Crippen LogP contribution in [0.2, 0.25) is 0 Å². The average molecular weight is 448 g/mol. The molecule has 3 N–H and O–H groups in total. The number of aldehydes is 1. The number of carbonyl (C=O) groups is 1. The van der Waals surface area contributed by atoms with Crippen LogP contribution in [0.15, 0.2) is 36.3 Å². The number of piperazine rings is 1. The Labute approximate surface area is 185 Å². The normalized spacial score (nSPS) is 19.4. The molecule has 0 amide bonds. The Hall–Kier alpha value is -2.78. The van der Waals surface area contributed by atoms with Crippen LogP contribution in [-0.2, 0) is 0 Å². The summed E-state index contributed by atoms with van der Waals surface area (Å²) in [5.41, 5.74) is 11.3. The number of dihydropyridines is 1. The van der Waals surface area contributed by atoms with Gasteiger partial charge < -0.3 is 15.5 Å². The molecule has 172 valence electrons. The first-order valence-electron chi connectivity index (χ1n) is 10.7. The molecule has 0 aromatic carbocycles. The van der Waals surface area contributed by atoms with E-state index in [2.05, 4.69) is 21.5 Å². The van der Waals surface area contributed by atoms with Crippen LogP contribution in [0.4, 0.5) is 13.2 Å². The number of carbonyl (C=O) groups excluding carboxylic acids is 1. The number of hydrogen-bond donors (Lipinski definition) is 2. The van der Waals surface area contributed by atoms with Crippen molar-refractivity contribution in [3.05, 3.63) is 58.7 Å². The number of rotatable bonds is 5. The topological polar surface area (TPSA) is 66.0 Å². The van der Waals surface area contributed by atoms with Gasteiger partial charge in [0.1, 0.15) is 6.29 Å². The minimum atomic E-state index is -4.18. The summed E-state index contributed by atoms with van der Waals surface area (Å²) in [4.78, 5) is 15.5. The standard InChI is InChI=1S/C23H28F3N5O/c1-15-18(13-32)11-20-19(17-3-4-21(27)28-12-17)5-6-31(20)22(15)16(2)30-9-7-29(8-10-30)14-23(24,25)26/h3-6,11,13,16,28H,7-10,12,14,27H2,1-2H3. The number of allylic oxidation sites excluding steroid dienone is 2. The fourth-order valence-electron chi connectivity index (χ4n) is 4.72. The number of nitrogens with zero attached hydrogens (tertiary/aromatic N) is 3. The summed E-state index contributed by atoms with van der Waals surface area (Å²) in [6, 6.07) is 3.88. The Morgan fingerprint density at radius 3 is 2.53 bits per heavy atom. The zero-order valence-electron chi connectivity index (χ0n) is 18.2. The third kappa shape index (κ3) is 4.40. The highest BCUT2D eigenvalue weighted by molar-refractivity contribution is 5.87. The maximum absolute atomic E-state index is 12.7. The van der Waals surface area contributed by atoms with Crippen molar-refractivity contribution in [2.24, 2.45) is 5.73 Å². The molecule has 9 heteroatoms. The quantitative estimate of drug-likeness (QED) is 0.690. The van der Waals surface area contributed by atoms with E-state index in [1.165, 1.54) is 4.90 Å². The Morgan fingerprint density at radius 2 is 1.94 bits per heavy atom. The number of aromatic nitrogens is 1. The number of fused-ring (bicyclic) bond motifs is 1. The average Bonchev–Trinajstić information content (AvgIpc) is 3.16.